The second kappa shape index (κ2) is 8.96. The van der Waals surface area contributed by atoms with Gasteiger partial charge in [-0.2, -0.15) is 0 Å². The van der Waals surface area contributed by atoms with Gasteiger partial charge in [-0.3, -0.25) is 9.59 Å². The number of Topliss-reactive ketones (excluding diaryl/α,β-unsaturated/α-hetero) is 1. The third kappa shape index (κ3) is 4.81. The lowest BCUT2D eigenvalue weighted by molar-refractivity contribution is -0.757. The number of esters is 1. The predicted octanol–water partition coefficient (Wildman–Crippen LogP) is 3.83. The molecule has 2 aliphatic rings. The summed E-state index contributed by atoms with van der Waals surface area (Å²) in [6.07, 6.45) is 2.45. The zero-order valence-corrected chi connectivity index (χ0v) is 19.0. The third-order valence-electron chi connectivity index (χ3n) is 6.62. The van der Waals surface area contributed by atoms with E-state index in [2.05, 4.69) is 4.84 Å². The van der Waals surface area contributed by atoms with Crippen molar-refractivity contribution in [1.82, 2.24) is 0 Å². The molecule has 1 aliphatic heterocycles. The molecule has 2 atom stereocenters. The van der Waals surface area contributed by atoms with Crippen LogP contribution >= 0.6 is 0 Å². The van der Waals surface area contributed by atoms with Crippen molar-refractivity contribution < 1.29 is 34.1 Å². The Morgan fingerprint density at radius 3 is 2.69 bits per heavy atom. The van der Waals surface area contributed by atoms with Gasteiger partial charge in [0.1, 0.15) is 22.9 Å². The van der Waals surface area contributed by atoms with Gasteiger partial charge in [0.05, 0.1) is 18.6 Å². The number of benzene rings is 1. The van der Waals surface area contributed by atoms with Crippen LogP contribution in [0.4, 0.5) is 0 Å². The van der Waals surface area contributed by atoms with E-state index < -0.39 is 22.1 Å². The van der Waals surface area contributed by atoms with Crippen LogP contribution in [0.3, 0.4) is 0 Å². The summed E-state index contributed by atoms with van der Waals surface area (Å²) in [4.78, 5) is 39.3. The molecular weight excluding hydrogens is 418 g/mol. The van der Waals surface area contributed by atoms with Crippen LogP contribution in [0, 0.1) is 16.0 Å². The quantitative estimate of drug-likeness (QED) is 0.275. The fraction of sp³-hybridized carbons (Fsp3) is 0.652. The Labute approximate surface area is 187 Å². The number of carbonyl (C=O) groups is 2. The summed E-state index contributed by atoms with van der Waals surface area (Å²) in [6, 6.07) is 3.32. The Bertz CT molecular complexity index is 908. The van der Waals surface area contributed by atoms with Crippen molar-refractivity contribution >= 4 is 11.8 Å². The molecule has 0 aromatic heterocycles. The molecule has 0 unspecified atom stereocenters. The van der Waals surface area contributed by atoms with Gasteiger partial charge < -0.3 is 19.4 Å². The van der Waals surface area contributed by atoms with Crippen molar-refractivity contribution in [2.45, 2.75) is 76.7 Å². The van der Waals surface area contributed by atoms with Gasteiger partial charge >= 0.3 is 5.97 Å². The maximum absolute atomic E-state index is 12.8. The average Bonchev–Trinajstić information content (AvgIpc) is 2.68. The van der Waals surface area contributed by atoms with Gasteiger partial charge in [-0.05, 0) is 64.7 Å². The number of hydrogen-bond acceptors (Lipinski definition) is 8. The summed E-state index contributed by atoms with van der Waals surface area (Å²) in [6.45, 7) is 7.45. The maximum Gasteiger partial charge on any atom is 0.315 e. The van der Waals surface area contributed by atoms with Crippen molar-refractivity contribution in [2.75, 3.05) is 13.2 Å². The van der Waals surface area contributed by atoms with Gasteiger partial charge in [0.25, 0.3) is 5.09 Å². The van der Waals surface area contributed by atoms with Gasteiger partial charge in [0.15, 0.2) is 0 Å². The highest BCUT2D eigenvalue weighted by molar-refractivity contribution is 5.83. The summed E-state index contributed by atoms with van der Waals surface area (Å²) in [7, 11) is 0. The van der Waals surface area contributed by atoms with Crippen LogP contribution in [-0.4, -0.2) is 40.8 Å². The number of phenolic OH excluding ortho intramolecular Hbond substituents is 1. The standard InChI is InChI=1S/C23H31NO8/c1-22(2,21(27)30-9-5-6-10-31-24(28)29)14-11-18(26)20-16-13-15(25)7-8-17(16)23(3,4)32-19(20)12-14/h11-12,16-17,26H,5-10,13H2,1-4H3/t16-,17+/m1/s1. The van der Waals surface area contributed by atoms with E-state index in [1.165, 1.54) is 0 Å². The number of ketones is 1. The topological polar surface area (TPSA) is 125 Å². The number of ether oxygens (including phenoxy) is 2. The van der Waals surface area contributed by atoms with Gasteiger partial charge in [-0.15, -0.1) is 10.1 Å². The molecule has 0 bridgehead atoms. The molecule has 32 heavy (non-hydrogen) atoms. The van der Waals surface area contributed by atoms with E-state index in [4.69, 9.17) is 9.47 Å². The Balaban J connectivity index is 1.76. The minimum Gasteiger partial charge on any atom is -0.508 e. The number of aromatic hydroxyl groups is 1. The highest BCUT2D eigenvalue weighted by atomic mass is 16.9. The Kier molecular flexibility index (Phi) is 6.67. The molecule has 1 saturated carbocycles. The lowest BCUT2D eigenvalue weighted by Gasteiger charge is -2.47. The second-order valence-corrected chi connectivity index (χ2v) is 9.63. The number of fused-ring (bicyclic) bond motifs is 3. The second-order valence-electron chi connectivity index (χ2n) is 9.63. The molecule has 0 radical (unpaired) electrons. The highest BCUT2D eigenvalue weighted by Crippen LogP contribution is 2.54. The number of unbranched alkanes of at least 4 members (excludes halogenated alkanes) is 1. The molecule has 3 rings (SSSR count). The van der Waals surface area contributed by atoms with E-state index >= 15 is 0 Å². The number of phenols is 1. The predicted molar refractivity (Wildman–Crippen MR) is 114 cm³/mol. The Morgan fingerprint density at radius 1 is 1.31 bits per heavy atom. The van der Waals surface area contributed by atoms with Crippen molar-refractivity contribution in [3.05, 3.63) is 33.4 Å². The van der Waals surface area contributed by atoms with Crippen LogP contribution in [0.5, 0.6) is 11.5 Å². The molecule has 0 saturated heterocycles. The SMILES string of the molecule is CC(C)(C(=O)OCCCCO[N+](=O)[O-])c1cc(O)c2c(c1)OC(C)(C)[C@H]1CCC(=O)C[C@@H]21. The molecule has 0 spiro atoms. The van der Waals surface area contributed by atoms with Crippen molar-refractivity contribution in [2.24, 2.45) is 5.92 Å². The number of rotatable bonds is 8. The van der Waals surface area contributed by atoms with Crippen LogP contribution in [-0.2, 0) is 24.6 Å². The van der Waals surface area contributed by atoms with E-state index in [1.807, 2.05) is 13.8 Å². The first-order valence-corrected chi connectivity index (χ1v) is 11.0. The van der Waals surface area contributed by atoms with E-state index in [9.17, 15) is 24.8 Å². The zero-order valence-electron chi connectivity index (χ0n) is 19.0. The number of hydrogen-bond donors (Lipinski definition) is 1. The first-order valence-electron chi connectivity index (χ1n) is 11.0. The lowest BCUT2D eigenvalue weighted by Crippen LogP contribution is -2.47. The Hall–Kier alpha value is -2.84. The largest absolute Gasteiger partial charge is 0.508 e. The zero-order chi connectivity index (χ0) is 23.7. The lowest BCUT2D eigenvalue weighted by atomic mass is 9.66. The molecule has 1 aromatic carbocycles. The van der Waals surface area contributed by atoms with Crippen molar-refractivity contribution in [3.8, 4) is 11.5 Å². The van der Waals surface area contributed by atoms with Crippen LogP contribution in [0.1, 0.15) is 76.8 Å². The average molecular weight is 450 g/mol. The summed E-state index contributed by atoms with van der Waals surface area (Å²) < 4.78 is 11.6. The van der Waals surface area contributed by atoms with E-state index in [0.29, 0.717) is 42.6 Å². The maximum atomic E-state index is 12.8. The van der Waals surface area contributed by atoms with Crippen molar-refractivity contribution in [3.63, 3.8) is 0 Å². The monoisotopic (exact) mass is 449 g/mol. The summed E-state index contributed by atoms with van der Waals surface area (Å²) in [5.41, 5.74) is -0.371. The van der Waals surface area contributed by atoms with Gasteiger partial charge in [0, 0.05) is 30.2 Å². The molecule has 1 heterocycles. The normalized spacial score (nSPS) is 21.7. The molecule has 0 amide bonds. The van der Waals surface area contributed by atoms with Crippen LogP contribution in [0.15, 0.2) is 12.1 Å². The van der Waals surface area contributed by atoms with Crippen LogP contribution in [0.25, 0.3) is 0 Å². The minimum atomic E-state index is -1.06. The smallest absolute Gasteiger partial charge is 0.315 e. The van der Waals surface area contributed by atoms with E-state index in [0.717, 1.165) is 6.42 Å². The van der Waals surface area contributed by atoms with Gasteiger partial charge in [0.2, 0.25) is 0 Å². The molecule has 9 heteroatoms. The summed E-state index contributed by atoms with van der Waals surface area (Å²) in [5.74, 6) is 0.246. The molecular formula is C23H31NO8. The summed E-state index contributed by atoms with van der Waals surface area (Å²) in [5, 5.41) is 20.2. The minimum absolute atomic E-state index is 0.0236. The molecule has 1 aliphatic carbocycles. The molecule has 176 valence electrons. The van der Waals surface area contributed by atoms with E-state index in [-0.39, 0.29) is 36.6 Å². The highest BCUT2D eigenvalue weighted by Gasteiger charge is 2.48. The molecule has 1 aromatic rings. The first kappa shape index (κ1) is 23.8. The third-order valence-corrected chi connectivity index (χ3v) is 6.62. The molecule has 1 N–H and O–H groups in total. The fourth-order valence-corrected chi connectivity index (χ4v) is 4.74. The van der Waals surface area contributed by atoms with Gasteiger partial charge in [-0.25, -0.2) is 0 Å². The first-order chi connectivity index (χ1) is 14.9. The van der Waals surface area contributed by atoms with Crippen LogP contribution < -0.4 is 4.74 Å². The molecule has 1 fully saturated rings. The summed E-state index contributed by atoms with van der Waals surface area (Å²) >= 11 is 0. The number of carbonyl (C=O) groups excluding carboxylic acids is 2. The van der Waals surface area contributed by atoms with Crippen LogP contribution in [0.2, 0.25) is 0 Å². The van der Waals surface area contributed by atoms with Gasteiger partial charge in [-0.1, -0.05) is 0 Å². The Morgan fingerprint density at radius 2 is 2.00 bits per heavy atom. The van der Waals surface area contributed by atoms with E-state index in [1.54, 1.807) is 26.0 Å². The van der Waals surface area contributed by atoms with Crippen molar-refractivity contribution in [1.29, 1.82) is 0 Å². The fourth-order valence-electron chi connectivity index (χ4n) is 4.74. The molecule has 9 nitrogen and oxygen atoms in total. The number of nitrogens with zero attached hydrogens (tertiary/aromatic N) is 1.